The van der Waals surface area contributed by atoms with Gasteiger partial charge >= 0.3 is 5.97 Å². The van der Waals surface area contributed by atoms with Crippen molar-refractivity contribution in [3.05, 3.63) is 5.82 Å². The van der Waals surface area contributed by atoms with E-state index in [2.05, 4.69) is 30.1 Å². The molecule has 0 aliphatic carbocycles. The van der Waals surface area contributed by atoms with Crippen LogP contribution in [0.5, 0.6) is 0 Å². The van der Waals surface area contributed by atoms with Gasteiger partial charge in [-0.3, -0.25) is 9.89 Å². The zero-order chi connectivity index (χ0) is 10.8. The van der Waals surface area contributed by atoms with Gasteiger partial charge in [0.2, 0.25) is 5.82 Å². The van der Waals surface area contributed by atoms with Crippen LogP contribution in [0.25, 0.3) is 11.5 Å². The lowest BCUT2D eigenvalue weighted by molar-refractivity contribution is -0.136. The van der Waals surface area contributed by atoms with Crippen LogP contribution >= 0.6 is 0 Å². The minimum Gasteiger partial charge on any atom is -0.481 e. The third-order valence-electron chi connectivity index (χ3n) is 1.58. The molecule has 0 aromatic carbocycles. The number of nitrogen functional groups attached to an aromatic ring is 1. The minimum atomic E-state index is -1.01. The van der Waals surface area contributed by atoms with Gasteiger partial charge in [0.25, 0.3) is 0 Å². The molecule has 0 saturated carbocycles. The number of hydrogen-bond donors (Lipinski definition) is 3. The van der Waals surface area contributed by atoms with E-state index < -0.39 is 5.97 Å². The maximum absolute atomic E-state index is 10.4. The average molecular weight is 210 g/mol. The van der Waals surface area contributed by atoms with Crippen molar-refractivity contribution in [3.8, 4) is 11.5 Å². The first-order valence-corrected chi connectivity index (χ1v) is 3.88. The predicted octanol–water partition coefficient (Wildman–Crippen LogP) is -0.936. The fourth-order valence-electron chi connectivity index (χ4n) is 0.974. The highest BCUT2D eigenvalue weighted by Crippen LogP contribution is 2.16. The molecule has 0 spiro atoms. The number of carboxylic acids is 1. The lowest BCUT2D eigenvalue weighted by Crippen LogP contribution is -2.01. The lowest BCUT2D eigenvalue weighted by Gasteiger charge is -1.86. The van der Waals surface area contributed by atoms with E-state index in [0.717, 1.165) is 0 Å². The largest absolute Gasteiger partial charge is 0.481 e. The Balaban J connectivity index is 2.28. The second-order valence-corrected chi connectivity index (χ2v) is 2.67. The molecule has 0 aliphatic heterocycles. The smallest absolute Gasteiger partial charge is 0.311 e. The molecule has 0 unspecified atom stereocenters. The Hall–Kier alpha value is -2.45. The molecule has 2 aromatic rings. The quantitative estimate of drug-likeness (QED) is 0.588. The molecule has 15 heavy (non-hydrogen) atoms. The second-order valence-electron chi connectivity index (χ2n) is 2.67. The molecule has 0 aliphatic rings. The number of aromatic nitrogens is 5. The van der Waals surface area contributed by atoms with Crippen molar-refractivity contribution < 1.29 is 14.5 Å². The first-order valence-electron chi connectivity index (χ1n) is 3.88. The fourth-order valence-corrected chi connectivity index (χ4v) is 0.974. The van der Waals surface area contributed by atoms with E-state index in [4.69, 9.17) is 10.8 Å². The predicted molar refractivity (Wildman–Crippen MR) is 45.4 cm³/mol. The Bertz CT molecular complexity index is 489. The number of H-pyrrole nitrogens is 1. The van der Waals surface area contributed by atoms with Crippen molar-refractivity contribution in [1.29, 1.82) is 0 Å². The Morgan fingerprint density at radius 1 is 1.53 bits per heavy atom. The van der Waals surface area contributed by atoms with Gasteiger partial charge in [-0.25, -0.2) is 9.61 Å². The Labute approximate surface area is 82.3 Å². The third kappa shape index (κ3) is 1.75. The summed E-state index contributed by atoms with van der Waals surface area (Å²) in [6.07, 6.45) is -0.252. The van der Waals surface area contributed by atoms with E-state index in [1.807, 2.05) is 0 Å². The summed E-state index contributed by atoms with van der Waals surface area (Å²) < 4.78 is 4.35. The van der Waals surface area contributed by atoms with E-state index >= 15 is 0 Å². The average Bonchev–Trinajstić information content (AvgIpc) is 2.72. The molecule has 2 aromatic heterocycles. The summed E-state index contributed by atoms with van der Waals surface area (Å²) in [6, 6.07) is 0. The zero-order valence-corrected chi connectivity index (χ0v) is 7.34. The Kier molecular flexibility index (Phi) is 2.04. The van der Waals surface area contributed by atoms with Gasteiger partial charge in [-0.15, -0.1) is 0 Å². The highest BCUT2D eigenvalue weighted by Gasteiger charge is 2.15. The molecular formula is C6H6N6O3. The second kappa shape index (κ2) is 3.36. The number of carbonyl (C=O) groups is 1. The van der Waals surface area contributed by atoms with Crippen LogP contribution in [0.2, 0.25) is 0 Å². The molecule has 0 bridgehead atoms. The molecule has 9 heteroatoms. The summed E-state index contributed by atoms with van der Waals surface area (Å²) in [5.74, 6) is -0.593. The van der Waals surface area contributed by atoms with Crippen molar-refractivity contribution in [2.75, 3.05) is 5.73 Å². The van der Waals surface area contributed by atoms with Crippen molar-refractivity contribution in [3.63, 3.8) is 0 Å². The molecular weight excluding hydrogens is 204 g/mol. The normalized spacial score (nSPS) is 10.4. The Morgan fingerprint density at radius 3 is 2.93 bits per heavy atom. The van der Waals surface area contributed by atoms with Crippen LogP contribution in [0.4, 0.5) is 5.82 Å². The van der Waals surface area contributed by atoms with Crippen LogP contribution in [0.1, 0.15) is 5.82 Å². The number of carboxylic acid groups (broad SMARTS) is 1. The maximum atomic E-state index is 10.4. The number of aromatic amines is 1. The monoisotopic (exact) mass is 210 g/mol. The van der Waals surface area contributed by atoms with E-state index in [0.29, 0.717) is 0 Å². The van der Waals surface area contributed by atoms with Gasteiger partial charge in [0, 0.05) is 0 Å². The van der Waals surface area contributed by atoms with Gasteiger partial charge in [0.1, 0.15) is 12.2 Å². The number of nitrogens with one attached hydrogen (secondary N) is 1. The van der Waals surface area contributed by atoms with E-state index in [9.17, 15) is 4.79 Å². The summed E-state index contributed by atoms with van der Waals surface area (Å²) in [5, 5.41) is 21.5. The minimum absolute atomic E-state index is 0.0517. The van der Waals surface area contributed by atoms with E-state index in [1.165, 1.54) is 0 Å². The summed E-state index contributed by atoms with van der Waals surface area (Å²) in [7, 11) is 0. The van der Waals surface area contributed by atoms with Crippen LogP contribution in [-0.2, 0) is 11.2 Å². The van der Waals surface area contributed by atoms with Crippen LogP contribution in [0.15, 0.2) is 4.63 Å². The van der Waals surface area contributed by atoms with Crippen molar-refractivity contribution in [2.45, 2.75) is 6.42 Å². The molecule has 0 atom stereocenters. The molecule has 78 valence electrons. The van der Waals surface area contributed by atoms with Gasteiger partial charge in [-0.05, 0) is 10.3 Å². The molecule has 0 saturated heterocycles. The number of nitrogens with two attached hydrogens (primary N) is 1. The van der Waals surface area contributed by atoms with Crippen LogP contribution < -0.4 is 5.73 Å². The highest BCUT2D eigenvalue weighted by atomic mass is 16.6. The number of hydrogen-bond acceptors (Lipinski definition) is 7. The van der Waals surface area contributed by atoms with Gasteiger partial charge in [-0.2, -0.15) is 5.10 Å². The van der Waals surface area contributed by atoms with Gasteiger partial charge in [0.05, 0.1) is 0 Å². The third-order valence-corrected chi connectivity index (χ3v) is 1.58. The van der Waals surface area contributed by atoms with Crippen LogP contribution in [-0.4, -0.2) is 36.6 Å². The van der Waals surface area contributed by atoms with Crippen molar-refractivity contribution in [1.82, 2.24) is 25.5 Å². The summed E-state index contributed by atoms with van der Waals surface area (Å²) >= 11 is 0. The van der Waals surface area contributed by atoms with Crippen molar-refractivity contribution >= 4 is 11.8 Å². The number of nitrogens with zero attached hydrogens (tertiary/aromatic N) is 4. The zero-order valence-electron chi connectivity index (χ0n) is 7.34. The van der Waals surface area contributed by atoms with Gasteiger partial charge in [0.15, 0.2) is 11.5 Å². The van der Waals surface area contributed by atoms with Crippen LogP contribution in [0.3, 0.4) is 0 Å². The number of anilines is 1. The Morgan fingerprint density at radius 2 is 2.33 bits per heavy atom. The molecule has 0 fully saturated rings. The van der Waals surface area contributed by atoms with Gasteiger partial charge in [-0.1, -0.05) is 0 Å². The molecule has 2 heterocycles. The number of rotatable bonds is 3. The van der Waals surface area contributed by atoms with E-state index in [1.54, 1.807) is 0 Å². The molecule has 9 nitrogen and oxygen atoms in total. The number of aliphatic carboxylic acids is 1. The fraction of sp³-hybridized carbons (Fsp3) is 0.167. The maximum Gasteiger partial charge on any atom is 0.311 e. The topological polar surface area (TPSA) is 144 Å². The highest BCUT2D eigenvalue weighted by molar-refractivity contribution is 5.69. The van der Waals surface area contributed by atoms with Gasteiger partial charge < -0.3 is 10.8 Å². The standard InChI is InChI=1S/C6H6N6O3/c7-5-4(11-15-12-5)6-8-2(9-10-6)1-3(13)14/h1H2,(H2,7,12)(H,13,14)(H,8,9,10). The summed E-state index contributed by atoms with van der Waals surface area (Å²) in [4.78, 5) is 14.2. The first kappa shape index (κ1) is 9.12. The first-order chi connectivity index (χ1) is 7.16. The molecule has 0 amide bonds. The van der Waals surface area contributed by atoms with E-state index in [-0.39, 0.29) is 29.6 Å². The SMILES string of the molecule is Nc1nonc1-c1n[nH]c(CC(=O)O)n1. The molecule has 0 radical (unpaired) electrons. The molecule has 4 N–H and O–H groups in total. The van der Waals surface area contributed by atoms with Crippen molar-refractivity contribution in [2.24, 2.45) is 0 Å². The van der Waals surface area contributed by atoms with Crippen LogP contribution in [0, 0.1) is 0 Å². The molecule has 2 rings (SSSR count). The summed E-state index contributed by atoms with van der Waals surface area (Å²) in [6.45, 7) is 0. The summed E-state index contributed by atoms with van der Waals surface area (Å²) in [5.41, 5.74) is 5.59. The lowest BCUT2D eigenvalue weighted by atomic mass is 10.4.